The van der Waals surface area contributed by atoms with Gasteiger partial charge in [-0.3, -0.25) is 4.79 Å². The average molecular weight is 365 g/mol. The van der Waals surface area contributed by atoms with E-state index >= 15 is 0 Å². The molecule has 3 rings (SSSR count). The molecule has 2 N–H and O–H groups in total. The zero-order chi connectivity index (χ0) is 16.9. The van der Waals surface area contributed by atoms with Crippen LogP contribution < -0.4 is 5.32 Å². The fourth-order valence-electron chi connectivity index (χ4n) is 3.07. The monoisotopic (exact) mass is 364 g/mol. The number of para-hydroxylation sites is 1. The molecule has 1 aliphatic heterocycles. The van der Waals surface area contributed by atoms with Gasteiger partial charge in [0, 0.05) is 13.1 Å². The highest BCUT2D eigenvalue weighted by Gasteiger charge is 2.27. The third-order valence-electron chi connectivity index (χ3n) is 4.50. The van der Waals surface area contributed by atoms with E-state index in [1.165, 1.54) is 6.20 Å². The molecule has 1 aliphatic rings. The van der Waals surface area contributed by atoms with Gasteiger partial charge in [0.1, 0.15) is 0 Å². The van der Waals surface area contributed by atoms with Crippen LogP contribution in [0.15, 0.2) is 36.5 Å². The molecule has 0 saturated carbocycles. The highest BCUT2D eigenvalue weighted by atomic mass is 35.5. The molecule has 1 aromatic heterocycles. The normalized spacial score (nSPS) is 15.0. The number of benzene rings is 1. The molecule has 0 bridgehead atoms. The molecule has 6 nitrogen and oxygen atoms in total. The zero-order valence-electron chi connectivity index (χ0n) is 14.4. The number of aromatic hydroxyl groups is 1. The second-order valence-corrected chi connectivity index (χ2v) is 6.19. The topological polar surface area (TPSA) is 70.4 Å². The zero-order valence-corrected chi connectivity index (χ0v) is 15.2. The third kappa shape index (κ3) is 4.52. The SMILES string of the molecule is CCNCC1CCN(C(=O)c2nn(-c3ccccc3)cc2O)CC1.Cl. The smallest absolute Gasteiger partial charge is 0.278 e. The summed E-state index contributed by atoms with van der Waals surface area (Å²) in [6.07, 6.45) is 3.46. The van der Waals surface area contributed by atoms with E-state index in [0.29, 0.717) is 19.0 Å². The van der Waals surface area contributed by atoms with Crippen molar-refractivity contribution in [2.24, 2.45) is 5.92 Å². The van der Waals surface area contributed by atoms with Gasteiger partial charge in [-0.1, -0.05) is 25.1 Å². The minimum absolute atomic E-state index is 0. The summed E-state index contributed by atoms with van der Waals surface area (Å²) in [6.45, 7) is 5.51. The van der Waals surface area contributed by atoms with Crippen molar-refractivity contribution in [2.45, 2.75) is 19.8 Å². The van der Waals surface area contributed by atoms with Gasteiger partial charge in [0.15, 0.2) is 11.4 Å². The van der Waals surface area contributed by atoms with Gasteiger partial charge in [0.05, 0.1) is 11.9 Å². The Balaban J connectivity index is 0.00000225. The van der Waals surface area contributed by atoms with Gasteiger partial charge in [0.25, 0.3) is 5.91 Å². The lowest BCUT2D eigenvalue weighted by Gasteiger charge is -2.31. The maximum absolute atomic E-state index is 12.7. The van der Waals surface area contributed by atoms with Crippen LogP contribution in [-0.2, 0) is 0 Å². The van der Waals surface area contributed by atoms with Crippen LogP contribution in [0.5, 0.6) is 5.75 Å². The van der Waals surface area contributed by atoms with Crippen molar-refractivity contribution < 1.29 is 9.90 Å². The first kappa shape index (κ1) is 19.3. The average Bonchev–Trinajstić information content (AvgIpc) is 3.02. The number of likely N-dealkylation sites (tertiary alicyclic amines) is 1. The van der Waals surface area contributed by atoms with Crippen molar-refractivity contribution in [1.29, 1.82) is 0 Å². The molecular weight excluding hydrogens is 340 g/mol. The molecule has 1 aromatic carbocycles. The molecule has 136 valence electrons. The van der Waals surface area contributed by atoms with E-state index in [1.807, 2.05) is 30.3 Å². The van der Waals surface area contributed by atoms with Gasteiger partial charge in [-0.2, -0.15) is 5.10 Å². The number of hydrogen-bond donors (Lipinski definition) is 2. The first-order valence-corrected chi connectivity index (χ1v) is 8.53. The van der Waals surface area contributed by atoms with Gasteiger partial charge in [0.2, 0.25) is 0 Å². The lowest BCUT2D eigenvalue weighted by molar-refractivity contribution is 0.0681. The Kier molecular flexibility index (Phi) is 6.84. The van der Waals surface area contributed by atoms with Gasteiger partial charge in [-0.25, -0.2) is 4.68 Å². The van der Waals surface area contributed by atoms with Crippen LogP contribution in [-0.4, -0.2) is 51.9 Å². The standard InChI is InChI=1S/C18H24N4O2.ClH/c1-2-19-12-14-8-10-21(11-9-14)18(24)17-16(23)13-22(20-17)15-6-4-3-5-7-15;/h3-7,13-14,19,23H,2,8-12H2,1H3;1H. The van der Waals surface area contributed by atoms with Crippen LogP contribution in [0.2, 0.25) is 0 Å². The number of halogens is 1. The van der Waals surface area contributed by atoms with Crippen molar-refractivity contribution in [1.82, 2.24) is 20.0 Å². The molecule has 1 amide bonds. The van der Waals surface area contributed by atoms with Crippen molar-refractivity contribution in [3.8, 4) is 11.4 Å². The van der Waals surface area contributed by atoms with Gasteiger partial charge in [-0.05, 0) is 44.0 Å². The molecule has 2 heterocycles. The number of amides is 1. The predicted octanol–water partition coefficient (Wildman–Crippen LogP) is 2.46. The summed E-state index contributed by atoms with van der Waals surface area (Å²) in [6, 6.07) is 9.46. The molecular formula is C18H25ClN4O2. The summed E-state index contributed by atoms with van der Waals surface area (Å²) in [4.78, 5) is 14.5. The lowest BCUT2D eigenvalue weighted by Crippen LogP contribution is -2.41. The molecule has 7 heteroatoms. The molecule has 0 unspecified atom stereocenters. The Morgan fingerprint density at radius 1 is 1.28 bits per heavy atom. The molecule has 0 aliphatic carbocycles. The van der Waals surface area contributed by atoms with Crippen LogP contribution in [0.1, 0.15) is 30.3 Å². The van der Waals surface area contributed by atoms with Crippen molar-refractivity contribution in [3.05, 3.63) is 42.2 Å². The minimum Gasteiger partial charge on any atom is -0.504 e. The van der Waals surface area contributed by atoms with Crippen LogP contribution in [0.25, 0.3) is 5.69 Å². The largest absolute Gasteiger partial charge is 0.504 e. The van der Waals surface area contributed by atoms with E-state index in [0.717, 1.165) is 31.6 Å². The Morgan fingerprint density at radius 2 is 1.96 bits per heavy atom. The van der Waals surface area contributed by atoms with Gasteiger partial charge in [-0.15, -0.1) is 12.4 Å². The number of piperidine rings is 1. The maximum atomic E-state index is 12.7. The highest BCUT2D eigenvalue weighted by Crippen LogP contribution is 2.23. The van der Waals surface area contributed by atoms with Crippen LogP contribution >= 0.6 is 12.4 Å². The van der Waals surface area contributed by atoms with E-state index in [2.05, 4.69) is 17.3 Å². The third-order valence-corrected chi connectivity index (χ3v) is 4.50. The molecule has 1 fully saturated rings. The number of rotatable bonds is 5. The number of aromatic nitrogens is 2. The van der Waals surface area contributed by atoms with Crippen molar-refractivity contribution >= 4 is 18.3 Å². The number of nitrogens with one attached hydrogen (secondary N) is 1. The predicted molar refractivity (Wildman–Crippen MR) is 99.6 cm³/mol. The summed E-state index contributed by atoms with van der Waals surface area (Å²) in [7, 11) is 0. The number of nitrogens with zero attached hydrogens (tertiary/aromatic N) is 3. The molecule has 25 heavy (non-hydrogen) atoms. The van der Waals surface area contributed by atoms with E-state index in [1.54, 1.807) is 9.58 Å². The minimum atomic E-state index is -0.191. The second kappa shape index (κ2) is 8.87. The number of carbonyl (C=O) groups excluding carboxylic acids is 1. The Morgan fingerprint density at radius 3 is 2.60 bits per heavy atom. The van der Waals surface area contributed by atoms with Crippen LogP contribution in [0.3, 0.4) is 0 Å². The quantitative estimate of drug-likeness (QED) is 0.855. The number of hydrogen-bond acceptors (Lipinski definition) is 4. The highest BCUT2D eigenvalue weighted by molar-refractivity contribution is 5.94. The Labute approximate surface area is 154 Å². The molecule has 2 aromatic rings. The van der Waals surface area contributed by atoms with E-state index < -0.39 is 0 Å². The molecule has 1 saturated heterocycles. The maximum Gasteiger partial charge on any atom is 0.278 e. The number of carbonyl (C=O) groups is 1. The summed E-state index contributed by atoms with van der Waals surface area (Å²) < 4.78 is 1.54. The Bertz CT molecular complexity index is 682. The second-order valence-electron chi connectivity index (χ2n) is 6.19. The van der Waals surface area contributed by atoms with Gasteiger partial charge >= 0.3 is 0 Å². The Hall–Kier alpha value is -2.05. The first-order valence-electron chi connectivity index (χ1n) is 8.53. The van der Waals surface area contributed by atoms with Crippen LogP contribution in [0, 0.1) is 5.92 Å². The van der Waals surface area contributed by atoms with Crippen molar-refractivity contribution in [3.63, 3.8) is 0 Å². The summed E-state index contributed by atoms with van der Waals surface area (Å²) >= 11 is 0. The first-order chi connectivity index (χ1) is 11.7. The van der Waals surface area contributed by atoms with Crippen LogP contribution in [0.4, 0.5) is 0 Å². The molecule has 0 spiro atoms. The summed E-state index contributed by atoms with van der Waals surface area (Å²) in [5, 5.41) is 17.8. The lowest BCUT2D eigenvalue weighted by atomic mass is 9.96. The summed E-state index contributed by atoms with van der Waals surface area (Å²) in [5.41, 5.74) is 0.945. The van der Waals surface area contributed by atoms with Crippen molar-refractivity contribution in [2.75, 3.05) is 26.2 Å². The fraction of sp³-hybridized carbons (Fsp3) is 0.444. The fourth-order valence-corrected chi connectivity index (χ4v) is 3.07. The summed E-state index contributed by atoms with van der Waals surface area (Å²) in [5.74, 6) is 0.354. The molecule has 0 radical (unpaired) electrons. The van der Waals surface area contributed by atoms with E-state index in [9.17, 15) is 9.90 Å². The molecule has 0 atom stereocenters. The van der Waals surface area contributed by atoms with Gasteiger partial charge < -0.3 is 15.3 Å². The van der Waals surface area contributed by atoms with E-state index in [-0.39, 0.29) is 29.8 Å². The van der Waals surface area contributed by atoms with E-state index in [4.69, 9.17) is 0 Å².